The van der Waals surface area contributed by atoms with E-state index in [0.717, 1.165) is 24.8 Å². The van der Waals surface area contributed by atoms with Gasteiger partial charge in [0.1, 0.15) is 5.75 Å². The summed E-state index contributed by atoms with van der Waals surface area (Å²) in [4.78, 5) is 38.8. The number of halogens is 1. The molecule has 2 heterocycles. The average molecular weight is 533 g/mol. The molecule has 0 N–H and O–H groups in total. The molecule has 0 spiro atoms. The molecule has 0 aliphatic carbocycles. The summed E-state index contributed by atoms with van der Waals surface area (Å²) in [6.07, 6.45) is 4.63. The number of nitrogens with zero attached hydrogens (tertiary/aromatic N) is 2. The highest BCUT2D eigenvalue weighted by Gasteiger charge is 2.28. The smallest absolute Gasteiger partial charge is 0.252 e. The van der Waals surface area contributed by atoms with E-state index in [-0.39, 0.29) is 24.1 Å². The van der Waals surface area contributed by atoms with Crippen LogP contribution in [0.25, 0.3) is 11.1 Å². The van der Waals surface area contributed by atoms with Gasteiger partial charge < -0.3 is 14.0 Å². The summed E-state index contributed by atoms with van der Waals surface area (Å²) in [7, 11) is 1.47. The van der Waals surface area contributed by atoms with Gasteiger partial charge in [0.25, 0.3) is 5.56 Å². The fraction of sp³-hybridized carbons (Fsp3) is 0.333. The molecule has 1 aromatic heterocycles. The summed E-state index contributed by atoms with van der Waals surface area (Å²) < 4.78 is 12.9. The molecule has 8 heteroatoms. The van der Waals surface area contributed by atoms with Gasteiger partial charge in [-0.1, -0.05) is 35.9 Å². The second-order valence-electron chi connectivity index (χ2n) is 9.44. The van der Waals surface area contributed by atoms with E-state index in [4.69, 9.17) is 21.1 Å². The number of ether oxygens (including phenoxy) is 2. The number of methoxy groups -OCH3 is 1. The molecule has 0 saturated carbocycles. The molecule has 2 atom stereocenters. The van der Waals surface area contributed by atoms with E-state index in [1.807, 2.05) is 0 Å². The van der Waals surface area contributed by atoms with Crippen LogP contribution in [0.15, 0.2) is 59.5 Å². The Hall–Kier alpha value is -3.73. The Labute approximate surface area is 226 Å². The zero-order chi connectivity index (χ0) is 27.2. The van der Waals surface area contributed by atoms with E-state index < -0.39 is 11.6 Å². The number of carbonyl (C=O) groups is 2. The highest BCUT2D eigenvalue weighted by Crippen LogP contribution is 2.34. The van der Waals surface area contributed by atoms with Gasteiger partial charge in [-0.05, 0) is 49.9 Å². The van der Waals surface area contributed by atoms with E-state index in [1.54, 1.807) is 42.5 Å². The zero-order valence-electron chi connectivity index (χ0n) is 21.4. The number of hydrogen-bond donors (Lipinski definition) is 0. The number of pyridine rings is 1. The lowest BCUT2D eigenvalue weighted by Crippen LogP contribution is -2.34. The molecule has 4 rings (SSSR count). The van der Waals surface area contributed by atoms with Crippen molar-refractivity contribution in [3.8, 4) is 22.9 Å². The van der Waals surface area contributed by atoms with Gasteiger partial charge >= 0.3 is 0 Å². The summed E-state index contributed by atoms with van der Waals surface area (Å²) in [5.41, 5.74) is 2.18. The van der Waals surface area contributed by atoms with Gasteiger partial charge in [-0.3, -0.25) is 14.4 Å². The molecule has 1 aliphatic heterocycles. The second-order valence-corrected chi connectivity index (χ2v) is 9.88. The van der Waals surface area contributed by atoms with E-state index in [1.165, 1.54) is 30.9 Å². The van der Waals surface area contributed by atoms with Crippen LogP contribution in [-0.2, 0) is 16.0 Å². The van der Waals surface area contributed by atoms with Crippen LogP contribution < -0.4 is 10.3 Å². The first-order chi connectivity index (χ1) is 18.3. The average Bonchev–Trinajstić information content (AvgIpc) is 2.92. The third-order valence-electron chi connectivity index (χ3n) is 6.86. The summed E-state index contributed by atoms with van der Waals surface area (Å²) >= 11 is 6.18. The van der Waals surface area contributed by atoms with Crippen molar-refractivity contribution in [2.24, 2.45) is 0 Å². The molecule has 1 aliphatic rings. The largest absolute Gasteiger partial charge is 0.495 e. The van der Waals surface area contributed by atoms with Gasteiger partial charge in [0.05, 0.1) is 37.1 Å². The second kappa shape index (κ2) is 12.2. The van der Waals surface area contributed by atoms with Crippen LogP contribution in [0, 0.1) is 11.3 Å². The first kappa shape index (κ1) is 27.3. The molecule has 7 nitrogen and oxygen atoms in total. The fourth-order valence-electron chi connectivity index (χ4n) is 4.80. The van der Waals surface area contributed by atoms with E-state index >= 15 is 0 Å². The van der Waals surface area contributed by atoms with Crippen LogP contribution in [0.2, 0.25) is 5.02 Å². The first-order valence-electron chi connectivity index (χ1n) is 12.5. The van der Waals surface area contributed by atoms with Crippen molar-refractivity contribution in [1.82, 2.24) is 4.57 Å². The van der Waals surface area contributed by atoms with Crippen LogP contribution in [0.5, 0.6) is 5.75 Å². The molecule has 2 aromatic carbocycles. The van der Waals surface area contributed by atoms with Crippen molar-refractivity contribution in [3.05, 3.63) is 86.8 Å². The number of hydrogen-bond acceptors (Lipinski definition) is 6. The Morgan fingerprint density at radius 1 is 1.16 bits per heavy atom. The normalized spacial score (nSPS) is 15.9. The van der Waals surface area contributed by atoms with Gasteiger partial charge in [0.2, 0.25) is 0 Å². The minimum Gasteiger partial charge on any atom is -0.495 e. The zero-order valence-corrected chi connectivity index (χ0v) is 22.2. The first-order valence-corrected chi connectivity index (χ1v) is 12.9. The van der Waals surface area contributed by atoms with Crippen LogP contribution >= 0.6 is 11.6 Å². The van der Waals surface area contributed by atoms with E-state index in [9.17, 15) is 19.6 Å². The maximum atomic E-state index is 13.7. The maximum Gasteiger partial charge on any atom is 0.252 e. The molecule has 1 fully saturated rings. The monoisotopic (exact) mass is 532 g/mol. The minimum absolute atomic E-state index is 0.0480. The number of Topliss-reactive ketones (excluding diaryl/α,β-unsaturated/α-hetero) is 2. The highest BCUT2D eigenvalue weighted by molar-refractivity contribution is 6.31. The lowest BCUT2D eigenvalue weighted by molar-refractivity contribution is -0.123. The topological polar surface area (TPSA) is 98.4 Å². The predicted octanol–water partition coefficient (Wildman–Crippen LogP) is 5.56. The summed E-state index contributed by atoms with van der Waals surface area (Å²) in [6.45, 7) is 2.12. The lowest BCUT2D eigenvalue weighted by atomic mass is 9.94. The molecule has 196 valence electrons. The van der Waals surface area contributed by atoms with Crippen LogP contribution in [0.1, 0.15) is 60.1 Å². The Bertz CT molecular complexity index is 1430. The Kier molecular flexibility index (Phi) is 8.77. The van der Waals surface area contributed by atoms with Gasteiger partial charge in [0, 0.05) is 47.2 Å². The number of aromatic nitrogens is 1. The Morgan fingerprint density at radius 3 is 2.55 bits per heavy atom. The lowest BCUT2D eigenvalue weighted by Gasteiger charge is -2.28. The molecule has 0 unspecified atom stereocenters. The molecule has 1 saturated heterocycles. The predicted molar refractivity (Wildman–Crippen MR) is 145 cm³/mol. The summed E-state index contributed by atoms with van der Waals surface area (Å²) in [5.74, 6) is 0.150. The summed E-state index contributed by atoms with van der Waals surface area (Å²) in [5, 5.41) is 10.0. The molecule has 0 radical (unpaired) electrons. The Balaban J connectivity index is 1.73. The van der Waals surface area contributed by atoms with E-state index in [0.29, 0.717) is 46.1 Å². The third kappa shape index (κ3) is 6.21. The van der Waals surface area contributed by atoms with Gasteiger partial charge in [0.15, 0.2) is 11.6 Å². The van der Waals surface area contributed by atoms with Crippen LogP contribution in [0.4, 0.5) is 0 Å². The van der Waals surface area contributed by atoms with Crippen molar-refractivity contribution in [3.63, 3.8) is 0 Å². The van der Waals surface area contributed by atoms with Crippen LogP contribution in [-0.4, -0.2) is 36.0 Å². The third-order valence-corrected chi connectivity index (χ3v) is 7.10. The number of nitriles is 1. The van der Waals surface area contributed by atoms with Gasteiger partial charge in [-0.2, -0.15) is 5.26 Å². The Morgan fingerprint density at radius 2 is 1.92 bits per heavy atom. The van der Waals surface area contributed by atoms with Gasteiger partial charge in [-0.25, -0.2) is 0 Å². The van der Waals surface area contributed by atoms with Crippen LogP contribution in [0.3, 0.4) is 0 Å². The van der Waals surface area contributed by atoms with Crippen molar-refractivity contribution in [1.29, 1.82) is 5.26 Å². The highest BCUT2D eigenvalue weighted by atomic mass is 35.5. The van der Waals surface area contributed by atoms with Gasteiger partial charge in [-0.15, -0.1) is 0 Å². The molecule has 38 heavy (non-hydrogen) atoms. The molecule has 0 bridgehead atoms. The maximum absolute atomic E-state index is 13.7. The van der Waals surface area contributed by atoms with E-state index in [2.05, 4.69) is 6.07 Å². The quantitative estimate of drug-likeness (QED) is 0.334. The van der Waals surface area contributed by atoms with Crippen molar-refractivity contribution in [2.45, 2.75) is 51.2 Å². The number of carbonyl (C=O) groups excluding carboxylic acids is 2. The molecule has 0 amide bonds. The SMILES string of the molecule is COc1cn([C@@H](C[C@@H]2CCCCO2)C(=O)Cc2ccc(C(C)=O)cc2)c(=O)cc1-c1cc(Cl)ccc1C#N. The minimum atomic E-state index is -0.782. The van der Waals surface area contributed by atoms with Crippen molar-refractivity contribution >= 4 is 23.2 Å². The number of rotatable bonds is 9. The standard InChI is InChI=1S/C30H29ClN2O5/c1-19(34)21-8-6-20(7-9-21)13-28(35)27(15-24-5-3-4-12-38-24)33-18-29(37-2)26(16-30(33)36)25-14-23(31)11-10-22(25)17-32/h6-11,14,16,18,24,27H,3-5,12-13,15H2,1-2H3/t24-,27-/m0/s1. The molecule has 3 aromatic rings. The number of benzene rings is 2. The number of ketones is 2. The fourth-order valence-corrected chi connectivity index (χ4v) is 4.97. The summed E-state index contributed by atoms with van der Waals surface area (Å²) in [6, 6.07) is 14.5. The van der Waals surface area contributed by atoms with Crippen molar-refractivity contribution < 1.29 is 19.1 Å². The van der Waals surface area contributed by atoms with Crippen molar-refractivity contribution in [2.75, 3.05) is 13.7 Å². The molecular formula is C30H29ClN2O5. The molecular weight excluding hydrogens is 504 g/mol.